The van der Waals surface area contributed by atoms with E-state index in [1.54, 1.807) is 0 Å². The molecule has 1 aliphatic rings. The molecule has 0 aromatic heterocycles. The van der Waals surface area contributed by atoms with E-state index in [4.69, 9.17) is 11.6 Å². The van der Waals surface area contributed by atoms with Gasteiger partial charge < -0.3 is 0 Å². The van der Waals surface area contributed by atoms with E-state index in [1.165, 1.54) is 17.5 Å². The van der Waals surface area contributed by atoms with Crippen LogP contribution >= 0.6 is 11.6 Å². The molecule has 0 N–H and O–H groups in total. The number of fused-ring (bicyclic) bond motifs is 1. The summed E-state index contributed by atoms with van der Waals surface area (Å²) in [6, 6.07) is 6.32. The largest absolute Gasteiger partial charge is 0.0843 e. The lowest BCUT2D eigenvalue weighted by Gasteiger charge is -2.22. The molecule has 0 heterocycles. The first kappa shape index (κ1) is 10.0. The summed E-state index contributed by atoms with van der Waals surface area (Å²) < 4.78 is 0. The lowest BCUT2D eigenvalue weighted by molar-refractivity contribution is 0.403. The number of rotatable bonds is 0. The maximum absolute atomic E-state index is 6.04. The lowest BCUT2D eigenvalue weighted by atomic mass is 9.82. The van der Waals surface area contributed by atoms with Gasteiger partial charge in [-0.3, -0.25) is 0 Å². The number of benzene rings is 1. The summed E-state index contributed by atoms with van der Waals surface area (Å²) in [6.07, 6.45) is 1.20. The second-order valence-corrected chi connectivity index (χ2v) is 6.07. The van der Waals surface area contributed by atoms with Crippen LogP contribution in [0.5, 0.6) is 0 Å². The Bertz CT molecular complexity index is 375. The third kappa shape index (κ3) is 1.37. The highest BCUT2D eigenvalue weighted by molar-refractivity contribution is 6.30. The molecule has 0 unspecified atom stereocenters. The van der Waals surface area contributed by atoms with Crippen LogP contribution in [0.3, 0.4) is 0 Å². The van der Waals surface area contributed by atoms with Crippen molar-refractivity contribution in [2.24, 2.45) is 0 Å². The minimum absolute atomic E-state index is 0.268. The van der Waals surface area contributed by atoms with Crippen molar-refractivity contribution < 1.29 is 0 Å². The fourth-order valence-corrected chi connectivity index (χ4v) is 3.13. The Morgan fingerprint density at radius 1 is 1.00 bits per heavy atom. The number of halogens is 1. The second-order valence-electron chi connectivity index (χ2n) is 5.63. The third-order valence-electron chi connectivity index (χ3n) is 3.32. The maximum Gasteiger partial charge on any atom is 0.0409 e. The molecule has 0 fully saturated rings. The van der Waals surface area contributed by atoms with Gasteiger partial charge in [0.1, 0.15) is 0 Å². The van der Waals surface area contributed by atoms with Gasteiger partial charge in [0, 0.05) is 5.02 Å². The highest BCUT2D eigenvalue weighted by Gasteiger charge is 2.41. The van der Waals surface area contributed by atoms with Crippen LogP contribution in [-0.2, 0) is 10.8 Å². The van der Waals surface area contributed by atoms with E-state index in [1.807, 2.05) is 6.07 Å². The van der Waals surface area contributed by atoms with Crippen LogP contribution in [0.2, 0.25) is 5.02 Å². The summed E-state index contributed by atoms with van der Waals surface area (Å²) in [5.74, 6) is 0. The highest BCUT2D eigenvalue weighted by atomic mass is 35.5. The normalized spacial score (nSPS) is 22.1. The Morgan fingerprint density at radius 2 is 1.57 bits per heavy atom. The zero-order valence-electron chi connectivity index (χ0n) is 9.32. The zero-order valence-corrected chi connectivity index (χ0v) is 10.1. The van der Waals surface area contributed by atoms with Crippen LogP contribution in [-0.4, -0.2) is 0 Å². The molecule has 0 spiro atoms. The third-order valence-corrected chi connectivity index (χ3v) is 3.56. The Hall–Kier alpha value is -0.490. The Labute approximate surface area is 91.3 Å². The average molecular weight is 209 g/mol. The summed E-state index contributed by atoms with van der Waals surface area (Å²) in [5, 5.41) is 0.856. The Balaban J connectivity index is 2.66. The predicted molar refractivity (Wildman–Crippen MR) is 62.1 cm³/mol. The average Bonchev–Trinajstić information content (AvgIpc) is 2.17. The first-order chi connectivity index (χ1) is 6.33. The molecule has 76 valence electrons. The molecule has 0 bridgehead atoms. The fourth-order valence-electron chi connectivity index (χ4n) is 2.96. The van der Waals surface area contributed by atoms with Gasteiger partial charge in [0.05, 0.1) is 0 Å². The van der Waals surface area contributed by atoms with Crippen LogP contribution in [0, 0.1) is 0 Å². The van der Waals surface area contributed by atoms with E-state index in [9.17, 15) is 0 Å². The molecule has 2 rings (SSSR count). The van der Waals surface area contributed by atoms with Gasteiger partial charge in [-0.1, -0.05) is 45.4 Å². The van der Waals surface area contributed by atoms with Crippen molar-refractivity contribution in [2.75, 3.05) is 0 Å². The molecule has 0 atom stereocenters. The molecule has 1 aromatic rings. The molecule has 0 aliphatic heterocycles. The molecular formula is C13H17Cl. The maximum atomic E-state index is 6.04. The molecule has 0 saturated heterocycles. The van der Waals surface area contributed by atoms with Crippen molar-refractivity contribution in [1.29, 1.82) is 0 Å². The van der Waals surface area contributed by atoms with Gasteiger partial charge in [-0.05, 0) is 40.5 Å². The molecular weight excluding hydrogens is 192 g/mol. The van der Waals surface area contributed by atoms with Crippen molar-refractivity contribution in [1.82, 2.24) is 0 Å². The highest BCUT2D eigenvalue weighted by Crippen LogP contribution is 2.49. The van der Waals surface area contributed by atoms with Gasteiger partial charge in [-0.15, -0.1) is 0 Å². The predicted octanol–water partition coefficient (Wildman–Crippen LogP) is 4.30. The molecule has 0 amide bonds. The molecule has 1 aliphatic carbocycles. The van der Waals surface area contributed by atoms with E-state index >= 15 is 0 Å². The van der Waals surface area contributed by atoms with Gasteiger partial charge in [0.25, 0.3) is 0 Å². The van der Waals surface area contributed by atoms with Crippen LogP contribution in [0.1, 0.15) is 45.2 Å². The minimum atomic E-state index is 0.268. The van der Waals surface area contributed by atoms with Crippen molar-refractivity contribution >= 4 is 11.6 Å². The summed E-state index contributed by atoms with van der Waals surface area (Å²) in [5.41, 5.74) is 3.45. The fraction of sp³-hybridized carbons (Fsp3) is 0.538. The number of hydrogen-bond donors (Lipinski definition) is 0. The smallest absolute Gasteiger partial charge is 0.0409 e. The van der Waals surface area contributed by atoms with Crippen molar-refractivity contribution in [3.63, 3.8) is 0 Å². The topological polar surface area (TPSA) is 0 Å². The molecule has 1 heteroatoms. The van der Waals surface area contributed by atoms with Gasteiger partial charge in [0.15, 0.2) is 0 Å². The molecule has 14 heavy (non-hydrogen) atoms. The van der Waals surface area contributed by atoms with E-state index in [2.05, 4.69) is 39.8 Å². The van der Waals surface area contributed by atoms with Gasteiger partial charge in [-0.2, -0.15) is 0 Å². The minimum Gasteiger partial charge on any atom is -0.0843 e. The monoisotopic (exact) mass is 208 g/mol. The molecule has 1 aromatic carbocycles. The molecule has 0 radical (unpaired) electrons. The SMILES string of the molecule is CC1(C)CC(C)(C)c2cc(Cl)ccc21. The summed E-state index contributed by atoms with van der Waals surface area (Å²) >= 11 is 6.04. The van der Waals surface area contributed by atoms with E-state index in [0.29, 0.717) is 5.41 Å². The summed E-state index contributed by atoms with van der Waals surface area (Å²) in [4.78, 5) is 0. The van der Waals surface area contributed by atoms with Crippen LogP contribution in [0.15, 0.2) is 18.2 Å². The first-order valence-electron chi connectivity index (χ1n) is 5.13. The van der Waals surface area contributed by atoms with Gasteiger partial charge in [-0.25, -0.2) is 0 Å². The van der Waals surface area contributed by atoms with Crippen molar-refractivity contribution in [3.8, 4) is 0 Å². The van der Waals surface area contributed by atoms with E-state index in [0.717, 1.165) is 5.02 Å². The van der Waals surface area contributed by atoms with Crippen molar-refractivity contribution in [2.45, 2.75) is 44.9 Å². The molecule has 0 nitrogen and oxygen atoms in total. The first-order valence-corrected chi connectivity index (χ1v) is 5.51. The van der Waals surface area contributed by atoms with E-state index in [-0.39, 0.29) is 5.41 Å². The Kier molecular flexibility index (Phi) is 1.98. The Morgan fingerprint density at radius 3 is 2.21 bits per heavy atom. The molecule has 0 saturated carbocycles. The lowest BCUT2D eigenvalue weighted by Crippen LogP contribution is -2.17. The van der Waals surface area contributed by atoms with Crippen LogP contribution in [0.4, 0.5) is 0 Å². The number of hydrogen-bond acceptors (Lipinski definition) is 0. The van der Waals surface area contributed by atoms with E-state index < -0.39 is 0 Å². The van der Waals surface area contributed by atoms with Gasteiger partial charge in [0.2, 0.25) is 0 Å². The second kappa shape index (κ2) is 2.76. The van der Waals surface area contributed by atoms with Crippen LogP contribution in [0.25, 0.3) is 0 Å². The van der Waals surface area contributed by atoms with Gasteiger partial charge >= 0.3 is 0 Å². The summed E-state index contributed by atoms with van der Waals surface area (Å²) in [6.45, 7) is 9.23. The zero-order chi connectivity index (χ0) is 10.6. The standard InChI is InChI=1S/C13H17Cl/c1-12(2)8-13(3,4)11-7-9(14)5-6-10(11)12/h5-7H,8H2,1-4H3. The van der Waals surface area contributed by atoms with Crippen molar-refractivity contribution in [3.05, 3.63) is 34.3 Å². The van der Waals surface area contributed by atoms with Crippen LogP contribution < -0.4 is 0 Å². The summed E-state index contributed by atoms with van der Waals surface area (Å²) in [7, 11) is 0. The quantitative estimate of drug-likeness (QED) is 0.597.